The van der Waals surface area contributed by atoms with Gasteiger partial charge in [-0.05, 0) is 39.1 Å². The number of thiol groups is 1. The number of thioether (sulfide) groups is 1. The van der Waals surface area contributed by atoms with Crippen molar-refractivity contribution in [2.45, 2.75) is 36.7 Å². The first-order valence-corrected chi connectivity index (χ1v) is 11.6. The highest BCUT2D eigenvalue weighted by molar-refractivity contribution is 8.19. The minimum atomic E-state index is -0.720. The lowest BCUT2D eigenvalue weighted by Gasteiger charge is -2.33. The summed E-state index contributed by atoms with van der Waals surface area (Å²) in [5.74, 6) is 6.00. The third-order valence-corrected chi connectivity index (χ3v) is 9.82. The Bertz CT molecular complexity index is 422. The van der Waals surface area contributed by atoms with Crippen molar-refractivity contribution in [1.29, 1.82) is 0 Å². The van der Waals surface area contributed by atoms with Crippen LogP contribution in [0.5, 0.6) is 0 Å². The first kappa shape index (κ1) is 16.6. The van der Waals surface area contributed by atoms with E-state index in [1.165, 1.54) is 27.7 Å². The predicted octanol–water partition coefficient (Wildman–Crippen LogP) is 4.09. The van der Waals surface area contributed by atoms with E-state index in [4.69, 9.17) is 0 Å². The first-order chi connectivity index (χ1) is 9.56. The summed E-state index contributed by atoms with van der Waals surface area (Å²) in [6, 6.07) is 8.91. The van der Waals surface area contributed by atoms with Crippen LogP contribution in [0.4, 0.5) is 0 Å². The second kappa shape index (κ2) is 8.02. The Kier molecular flexibility index (Phi) is 6.66. The monoisotopic (exact) mass is 330 g/mol. The van der Waals surface area contributed by atoms with Gasteiger partial charge in [-0.1, -0.05) is 39.0 Å². The summed E-state index contributed by atoms with van der Waals surface area (Å²) in [6.45, 7) is 6.67. The average Bonchev–Trinajstić information content (AvgIpc) is 2.38. The fraction of sp³-hybridized carbons (Fsp3) is 0.625. The highest BCUT2D eigenvalue weighted by Crippen LogP contribution is 2.45. The van der Waals surface area contributed by atoms with E-state index in [0.29, 0.717) is 5.92 Å². The standard InChI is InChI=1S/C16H26OS3/c1-13(2)11-19(17)12-15-5-4-6-16(9-15)20-8-7-18-10-14(20)3/h4-6,9,13-14,20H,7-8,10-12H2,1-3H3. The number of hydrogen-bond donors (Lipinski definition) is 1. The van der Waals surface area contributed by atoms with E-state index in [2.05, 4.69) is 56.8 Å². The Morgan fingerprint density at radius 1 is 1.45 bits per heavy atom. The molecule has 0 aromatic heterocycles. The molecule has 1 aromatic rings. The highest BCUT2D eigenvalue weighted by Gasteiger charge is 2.20. The van der Waals surface area contributed by atoms with E-state index in [1.54, 1.807) is 0 Å². The maximum atomic E-state index is 12.1. The normalized spacial score (nSPS) is 26.6. The zero-order valence-electron chi connectivity index (χ0n) is 12.7. The summed E-state index contributed by atoms with van der Waals surface area (Å²) < 4.78 is 12.1. The van der Waals surface area contributed by atoms with E-state index in [0.717, 1.165) is 16.8 Å². The van der Waals surface area contributed by atoms with Crippen LogP contribution in [0.2, 0.25) is 0 Å². The summed E-state index contributed by atoms with van der Waals surface area (Å²) in [7, 11) is -0.00576. The molecular weight excluding hydrogens is 304 g/mol. The Morgan fingerprint density at radius 2 is 2.25 bits per heavy atom. The van der Waals surface area contributed by atoms with Gasteiger partial charge in [0.05, 0.1) is 0 Å². The summed E-state index contributed by atoms with van der Waals surface area (Å²) in [5.41, 5.74) is 1.26. The van der Waals surface area contributed by atoms with Gasteiger partial charge in [-0.25, -0.2) is 10.9 Å². The molecule has 1 aromatic carbocycles. The molecule has 1 aliphatic rings. The van der Waals surface area contributed by atoms with Gasteiger partial charge in [0.2, 0.25) is 0 Å². The van der Waals surface area contributed by atoms with E-state index >= 15 is 0 Å². The molecule has 114 valence electrons. The van der Waals surface area contributed by atoms with Crippen molar-refractivity contribution < 1.29 is 4.55 Å². The van der Waals surface area contributed by atoms with Crippen LogP contribution in [-0.2, 0) is 16.9 Å². The maximum Gasteiger partial charge on any atom is 0.130 e. The van der Waals surface area contributed by atoms with Crippen molar-refractivity contribution in [3.05, 3.63) is 29.8 Å². The highest BCUT2D eigenvalue weighted by atomic mass is 32.2. The Hall–Kier alpha value is 0.230. The molecule has 0 N–H and O–H groups in total. The van der Waals surface area contributed by atoms with Crippen LogP contribution in [0.3, 0.4) is 0 Å². The summed E-state index contributed by atoms with van der Waals surface area (Å²) in [5, 5.41) is 0.820. The SMILES string of the molecule is CC(C)C[S+]([O-])Cc1cccc([SH]2CCSCC2C)c1. The van der Waals surface area contributed by atoms with E-state index in [1.807, 2.05) is 0 Å². The average molecular weight is 331 g/mol. The predicted molar refractivity (Wildman–Crippen MR) is 96.9 cm³/mol. The molecule has 1 aliphatic heterocycles. The minimum Gasteiger partial charge on any atom is -0.616 e. The molecule has 1 saturated heterocycles. The molecule has 1 fully saturated rings. The van der Waals surface area contributed by atoms with Gasteiger partial charge in [0, 0.05) is 17.1 Å². The Labute approximate surface area is 133 Å². The molecule has 2 rings (SSSR count). The number of benzene rings is 1. The van der Waals surface area contributed by atoms with E-state index in [-0.39, 0.29) is 10.9 Å². The smallest absolute Gasteiger partial charge is 0.130 e. The van der Waals surface area contributed by atoms with Crippen molar-refractivity contribution >= 4 is 33.8 Å². The lowest BCUT2D eigenvalue weighted by atomic mass is 10.2. The fourth-order valence-corrected chi connectivity index (χ4v) is 8.63. The van der Waals surface area contributed by atoms with Gasteiger partial charge in [0.25, 0.3) is 0 Å². The zero-order valence-corrected chi connectivity index (χ0v) is 15.2. The lowest BCUT2D eigenvalue weighted by molar-refractivity contribution is 0.580. The third kappa shape index (κ3) is 4.90. The lowest BCUT2D eigenvalue weighted by Crippen LogP contribution is -2.17. The molecule has 3 atom stereocenters. The summed E-state index contributed by atoms with van der Waals surface area (Å²) in [6.07, 6.45) is 0. The van der Waals surface area contributed by atoms with Crippen LogP contribution in [0.25, 0.3) is 0 Å². The molecule has 0 amide bonds. The number of rotatable bonds is 5. The second-order valence-corrected chi connectivity index (χ2v) is 11.4. The fourth-order valence-electron chi connectivity index (χ4n) is 2.55. The third-order valence-electron chi connectivity index (χ3n) is 3.46. The molecule has 0 saturated carbocycles. The van der Waals surface area contributed by atoms with E-state index < -0.39 is 11.2 Å². The molecule has 0 aliphatic carbocycles. The van der Waals surface area contributed by atoms with Crippen LogP contribution in [0.15, 0.2) is 29.2 Å². The summed E-state index contributed by atoms with van der Waals surface area (Å²) >= 11 is 1.37. The van der Waals surface area contributed by atoms with Crippen molar-refractivity contribution in [3.8, 4) is 0 Å². The molecule has 3 unspecified atom stereocenters. The Morgan fingerprint density at radius 3 is 2.95 bits per heavy atom. The molecular formula is C16H26OS3. The van der Waals surface area contributed by atoms with Gasteiger partial charge in [0.15, 0.2) is 0 Å². The van der Waals surface area contributed by atoms with Gasteiger partial charge in [0.1, 0.15) is 11.5 Å². The van der Waals surface area contributed by atoms with Crippen molar-refractivity contribution in [2.24, 2.45) is 5.92 Å². The van der Waals surface area contributed by atoms with Crippen LogP contribution in [0, 0.1) is 5.92 Å². The van der Waals surface area contributed by atoms with Crippen LogP contribution in [0.1, 0.15) is 26.3 Å². The van der Waals surface area contributed by atoms with Crippen LogP contribution in [-0.4, -0.2) is 32.8 Å². The topological polar surface area (TPSA) is 23.1 Å². The van der Waals surface area contributed by atoms with Crippen LogP contribution >= 0.6 is 22.7 Å². The molecule has 0 bridgehead atoms. The molecule has 0 radical (unpaired) electrons. The molecule has 20 heavy (non-hydrogen) atoms. The number of hydrogen-bond acceptors (Lipinski definition) is 2. The van der Waals surface area contributed by atoms with Gasteiger partial charge in [-0.15, -0.1) is 0 Å². The molecule has 1 nitrogen and oxygen atoms in total. The van der Waals surface area contributed by atoms with Gasteiger partial charge >= 0.3 is 0 Å². The van der Waals surface area contributed by atoms with E-state index in [9.17, 15) is 4.55 Å². The van der Waals surface area contributed by atoms with Gasteiger partial charge in [-0.3, -0.25) is 0 Å². The summed E-state index contributed by atoms with van der Waals surface area (Å²) in [4.78, 5) is 1.52. The van der Waals surface area contributed by atoms with Crippen molar-refractivity contribution in [2.75, 3.05) is 23.0 Å². The van der Waals surface area contributed by atoms with Crippen molar-refractivity contribution in [3.63, 3.8) is 0 Å². The second-order valence-electron chi connectivity index (χ2n) is 5.93. The maximum absolute atomic E-state index is 12.1. The largest absolute Gasteiger partial charge is 0.616 e. The molecule has 1 heterocycles. The van der Waals surface area contributed by atoms with Crippen molar-refractivity contribution in [1.82, 2.24) is 0 Å². The first-order valence-electron chi connectivity index (χ1n) is 7.34. The van der Waals surface area contributed by atoms with Crippen LogP contribution < -0.4 is 0 Å². The minimum absolute atomic E-state index is 0.00576. The molecule has 4 heteroatoms. The molecule has 0 spiro atoms. The quantitative estimate of drug-likeness (QED) is 0.649. The van der Waals surface area contributed by atoms with Gasteiger partial charge in [-0.2, -0.15) is 11.8 Å². The zero-order chi connectivity index (χ0) is 14.5. The Balaban J connectivity index is 2.03. The van der Waals surface area contributed by atoms with Gasteiger partial charge < -0.3 is 4.55 Å².